The number of thioether (sulfide) groups is 1. The Morgan fingerprint density at radius 2 is 2.36 bits per heavy atom. The molecule has 0 saturated heterocycles. The second-order valence-corrected chi connectivity index (χ2v) is 4.68. The van der Waals surface area contributed by atoms with Crippen molar-refractivity contribution in [2.24, 2.45) is 7.05 Å². The Morgan fingerprint density at radius 3 is 2.86 bits per heavy atom. The molecule has 0 aliphatic rings. The molecule has 0 spiro atoms. The van der Waals surface area contributed by atoms with Crippen LogP contribution in [0.25, 0.3) is 0 Å². The van der Waals surface area contributed by atoms with E-state index in [1.54, 1.807) is 18.8 Å². The van der Waals surface area contributed by atoms with Crippen LogP contribution in [0.3, 0.4) is 0 Å². The van der Waals surface area contributed by atoms with Crippen LogP contribution in [0.1, 0.15) is 23.8 Å². The molecule has 0 aliphatic heterocycles. The summed E-state index contributed by atoms with van der Waals surface area (Å²) in [5.74, 6) is 1.57. The number of carbonyl (C=O) groups excluding carboxylic acids is 1. The van der Waals surface area contributed by atoms with E-state index in [1.807, 2.05) is 0 Å². The number of nitrogens with zero attached hydrogens (tertiary/aromatic N) is 3. The van der Waals surface area contributed by atoms with Gasteiger partial charge in [-0.3, -0.25) is 4.79 Å². The van der Waals surface area contributed by atoms with Crippen LogP contribution in [0.4, 0.5) is 0 Å². The Morgan fingerprint density at radius 1 is 1.64 bits per heavy atom. The molecule has 0 radical (unpaired) electrons. The Kier molecular flexibility index (Phi) is 4.60. The van der Waals surface area contributed by atoms with Gasteiger partial charge in [-0.05, 0) is 28.1 Å². The molecule has 1 heterocycles. The summed E-state index contributed by atoms with van der Waals surface area (Å²) in [7, 11) is 1.72. The van der Waals surface area contributed by atoms with Crippen molar-refractivity contribution in [3.8, 4) is 0 Å². The average molecular weight is 278 g/mol. The highest BCUT2D eigenvalue weighted by Crippen LogP contribution is 2.15. The molecule has 0 N–H and O–H groups in total. The average Bonchev–Trinajstić information content (AvgIpc) is 2.46. The molecule has 14 heavy (non-hydrogen) atoms. The second kappa shape index (κ2) is 5.50. The first-order valence-electron chi connectivity index (χ1n) is 4.33. The lowest BCUT2D eigenvalue weighted by Crippen LogP contribution is -2.10. The lowest BCUT2D eigenvalue weighted by Gasteiger charge is -2.00. The van der Waals surface area contributed by atoms with E-state index in [0.29, 0.717) is 16.0 Å². The van der Waals surface area contributed by atoms with Crippen LogP contribution in [0.5, 0.6) is 0 Å². The van der Waals surface area contributed by atoms with E-state index in [4.69, 9.17) is 0 Å². The Bertz CT molecular complexity index is 307. The third-order valence-electron chi connectivity index (χ3n) is 1.63. The zero-order chi connectivity index (χ0) is 10.6. The van der Waals surface area contributed by atoms with Crippen molar-refractivity contribution in [2.75, 3.05) is 11.5 Å². The number of rotatable bonds is 5. The molecule has 6 heteroatoms. The Balaban J connectivity index is 2.60. The van der Waals surface area contributed by atoms with Crippen molar-refractivity contribution >= 4 is 33.5 Å². The van der Waals surface area contributed by atoms with E-state index >= 15 is 0 Å². The molecule has 0 atom stereocenters. The first kappa shape index (κ1) is 11.7. The fourth-order valence-corrected chi connectivity index (χ4v) is 2.31. The van der Waals surface area contributed by atoms with Gasteiger partial charge in [0.25, 0.3) is 0 Å². The van der Waals surface area contributed by atoms with Gasteiger partial charge in [-0.15, -0.1) is 5.10 Å². The predicted molar refractivity (Wildman–Crippen MR) is 60.6 cm³/mol. The van der Waals surface area contributed by atoms with Crippen molar-refractivity contribution in [2.45, 2.75) is 13.3 Å². The maximum Gasteiger partial charge on any atom is 0.193 e. The standard InChI is InChI=1S/C8H12BrN3OS/c1-3-4-14-5-6(13)7-8(9)10-11-12(7)2/h3-5H2,1-2H3. The molecular formula is C8H12BrN3OS. The Labute approximate surface area is 95.6 Å². The molecule has 0 amide bonds. The van der Waals surface area contributed by atoms with Crippen LogP contribution in [0, 0.1) is 0 Å². The number of hydrogen-bond donors (Lipinski definition) is 0. The number of ketones is 1. The van der Waals surface area contributed by atoms with Gasteiger partial charge in [0.1, 0.15) is 5.69 Å². The van der Waals surface area contributed by atoms with Gasteiger partial charge in [0.05, 0.1) is 5.75 Å². The number of hydrogen-bond acceptors (Lipinski definition) is 4. The number of Topliss-reactive ketones (excluding diaryl/α,β-unsaturated/α-hetero) is 1. The molecule has 0 saturated carbocycles. The van der Waals surface area contributed by atoms with Crippen molar-refractivity contribution in [1.29, 1.82) is 0 Å². The fraction of sp³-hybridized carbons (Fsp3) is 0.625. The molecular weight excluding hydrogens is 266 g/mol. The van der Waals surface area contributed by atoms with E-state index in [1.165, 1.54) is 4.68 Å². The SMILES string of the molecule is CCCSCC(=O)c1c(Br)nnn1C. The molecule has 0 aromatic carbocycles. The molecule has 78 valence electrons. The number of carbonyl (C=O) groups is 1. The molecule has 4 nitrogen and oxygen atoms in total. The number of aryl methyl sites for hydroxylation is 1. The molecule has 0 unspecified atom stereocenters. The zero-order valence-electron chi connectivity index (χ0n) is 8.16. The summed E-state index contributed by atoms with van der Waals surface area (Å²) >= 11 is 4.84. The first-order chi connectivity index (χ1) is 6.66. The fourth-order valence-electron chi connectivity index (χ4n) is 1.01. The second-order valence-electron chi connectivity index (χ2n) is 2.83. The van der Waals surface area contributed by atoms with Crippen LogP contribution in [0.15, 0.2) is 4.60 Å². The van der Waals surface area contributed by atoms with Crippen molar-refractivity contribution in [3.05, 3.63) is 10.3 Å². The van der Waals surface area contributed by atoms with Gasteiger partial charge >= 0.3 is 0 Å². The van der Waals surface area contributed by atoms with Gasteiger partial charge < -0.3 is 0 Å². The molecule has 1 rings (SSSR count). The highest BCUT2D eigenvalue weighted by molar-refractivity contribution is 9.10. The van der Waals surface area contributed by atoms with Gasteiger partial charge in [0.15, 0.2) is 10.4 Å². The Hall–Kier alpha value is -0.360. The van der Waals surface area contributed by atoms with Crippen LogP contribution >= 0.6 is 27.7 Å². The third-order valence-corrected chi connectivity index (χ3v) is 3.33. The summed E-state index contributed by atoms with van der Waals surface area (Å²) in [4.78, 5) is 11.7. The van der Waals surface area contributed by atoms with Gasteiger partial charge in [-0.1, -0.05) is 12.1 Å². The van der Waals surface area contributed by atoms with Gasteiger partial charge in [-0.25, -0.2) is 4.68 Å². The molecule has 0 bridgehead atoms. The van der Waals surface area contributed by atoms with Crippen LogP contribution in [-0.4, -0.2) is 32.3 Å². The van der Waals surface area contributed by atoms with E-state index in [-0.39, 0.29) is 5.78 Å². The summed E-state index contributed by atoms with van der Waals surface area (Å²) in [6, 6.07) is 0. The monoisotopic (exact) mass is 277 g/mol. The highest BCUT2D eigenvalue weighted by Gasteiger charge is 2.16. The molecule has 0 aliphatic carbocycles. The maximum atomic E-state index is 11.7. The minimum atomic E-state index is 0.0721. The summed E-state index contributed by atoms with van der Waals surface area (Å²) in [6.07, 6.45) is 1.09. The van der Waals surface area contributed by atoms with Gasteiger partial charge in [0, 0.05) is 7.05 Å². The zero-order valence-corrected chi connectivity index (χ0v) is 10.6. The topological polar surface area (TPSA) is 47.8 Å². The number of aromatic nitrogens is 3. The quantitative estimate of drug-likeness (QED) is 0.609. The summed E-state index contributed by atoms with van der Waals surface area (Å²) in [6.45, 7) is 2.10. The molecule has 0 fully saturated rings. The summed E-state index contributed by atoms with van der Waals surface area (Å²) in [5.41, 5.74) is 0.550. The maximum absolute atomic E-state index is 11.7. The normalized spacial score (nSPS) is 10.5. The van der Waals surface area contributed by atoms with Gasteiger partial charge in [-0.2, -0.15) is 11.8 Å². The van der Waals surface area contributed by atoms with Crippen LogP contribution in [0.2, 0.25) is 0 Å². The molecule has 1 aromatic heterocycles. The van der Waals surface area contributed by atoms with E-state index in [0.717, 1.165) is 12.2 Å². The van der Waals surface area contributed by atoms with Crippen LogP contribution < -0.4 is 0 Å². The number of halogens is 1. The largest absolute Gasteiger partial charge is 0.291 e. The minimum absolute atomic E-state index is 0.0721. The van der Waals surface area contributed by atoms with Crippen molar-refractivity contribution < 1.29 is 4.79 Å². The van der Waals surface area contributed by atoms with E-state index in [2.05, 4.69) is 33.2 Å². The first-order valence-corrected chi connectivity index (χ1v) is 6.27. The predicted octanol–water partition coefficient (Wildman–Crippen LogP) is 1.90. The minimum Gasteiger partial charge on any atom is -0.291 e. The summed E-state index contributed by atoms with van der Waals surface area (Å²) < 4.78 is 2.03. The van der Waals surface area contributed by atoms with Crippen LogP contribution in [-0.2, 0) is 7.05 Å². The van der Waals surface area contributed by atoms with E-state index < -0.39 is 0 Å². The van der Waals surface area contributed by atoms with Crippen molar-refractivity contribution in [1.82, 2.24) is 15.0 Å². The smallest absolute Gasteiger partial charge is 0.193 e. The van der Waals surface area contributed by atoms with Gasteiger partial charge in [0.2, 0.25) is 0 Å². The third kappa shape index (κ3) is 2.81. The summed E-state index contributed by atoms with van der Waals surface area (Å²) in [5, 5.41) is 7.52. The highest BCUT2D eigenvalue weighted by atomic mass is 79.9. The van der Waals surface area contributed by atoms with Crippen molar-refractivity contribution in [3.63, 3.8) is 0 Å². The lowest BCUT2D eigenvalue weighted by molar-refractivity contribution is 0.101. The molecule has 1 aromatic rings. The van der Waals surface area contributed by atoms with E-state index in [9.17, 15) is 4.79 Å². The lowest BCUT2D eigenvalue weighted by atomic mass is 10.3.